The molecule has 0 saturated heterocycles. The van der Waals surface area contributed by atoms with Crippen molar-refractivity contribution in [3.63, 3.8) is 0 Å². The average molecular weight is 450 g/mol. The fraction of sp³-hybridized carbons (Fsp3) is 0.0870. The topological polar surface area (TPSA) is 120 Å². The van der Waals surface area contributed by atoms with Crippen molar-refractivity contribution in [3.05, 3.63) is 92.9 Å². The first-order valence-corrected chi connectivity index (χ1v) is 10.8. The van der Waals surface area contributed by atoms with E-state index in [0.29, 0.717) is 11.5 Å². The quantitative estimate of drug-likeness (QED) is 0.281. The maximum Gasteiger partial charge on any atom is 0.312 e. The fourth-order valence-electron chi connectivity index (χ4n) is 2.79. The molecule has 0 radical (unpaired) electrons. The molecule has 162 valence electrons. The van der Waals surface area contributed by atoms with Crippen molar-refractivity contribution in [2.75, 3.05) is 7.11 Å². The van der Waals surface area contributed by atoms with Crippen LogP contribution in [0.15, 0.2) is 76.5 Å². The predicted molar refractivity (Wildman–Crippen MR) is 118 cm³/mol. The van der Waals surface area contributed by atoms with Crippen LogP contribution in [0.5, 0.6) is 17.2 Å². The first-order chi connectivity index (χ1) is 15.2. The third-order valence-corrected chi connectivity index (χ3v) is 6.18. The van der Waals surface area contributed by atoms with Crippen molar-refractivity contribution in [1.82, 2.24) is 0 Å². The van der Waals surface area contributed by atoms with E-state index >= 15 is 0 Å². The minimum atomic E-state index is -4.08. The van der Waals surface area contributed by atoms with Crippen LogP contribution in [-0.2, 0) is 9.84 Å². The van der Waals surface area contributed by atoms with Gasteiger partial charge < -0.3 is 9.47 Å². The molecular weight excluding hydrogens is 432 g/mol. The smallest absolute Gasteiger partial charge is 0.312 e. The zero-order valence-corrected chi connectivity index (χ0v) is 18.0. The SMILES string of the molecule is COc1ccc(Oc2ccc(/C=C(\C#N)S(=O)(=O)c3ccc(C)cc3)cc2[N+](=O)[O-])cc1. The Kier molecular flexibility index (Phi) is 6.56. The van der Waals surface area contributed by atoms with Crippen LogP contribution >= 0.6 is 0 Å². The van der Waals surface area contributed by atoms with E-state index in [1.807, 2.05) is 6.92 Å². The molecule has 0 aromatic heterocycles. The molecule has 9 heteroatoms. The Hall–Kier alpha value is -4.16. The largest absolute Gasteiger partial charge is 0.497 e. The first-order valence-electron chi connectivity index (χ1n) is 9.28. The molecular formula is C23H18N2O6S. The molecule has 0 N–H and O–H groups in total. The summed E-state index contributed by atoms with van der Waals surface area (Å²) in [6.45, 7) is 1.81. The highest BCUT2D eigenvalue weighted by Gasteiger charge is 2.22. The summed E-state index contributed by atoms with van der Waals surface area (Å²) in [7, 11) is -2.56. The highest BCUT2D eigenvalue weighted by atomic mass is 32.2. The second-order valence-electron chi connectivity index (χ2n) is 6.70. The molecule has 0 heterocycles. The van der Waals surface area contributed by atoms with Crippen LogP contribution in [0.4, 0.5) is 5.69 Å². The van der Waals surface area contributed by atoms with Crippen molar-refractivity contribution in [2.24, 2.45) is 0 Å². The maximum atomic E-state index is 12.8. The molecule has 0 aliphatic rings. The lowest BCUT2D eigenvalue weighted by molar-refractivity contribution is -0.385. The second-order valence-corrected chi connectivity index (χ2v) is 8.62. The summed E-state index contributed by atoms with van der Waals surface area (Å²) in [4.78, 5) is 10.4. The number of sulfone groups is 1. The molecule has 0 aliphatic carbocycles. The molecule has 3 aromatic rings. The highest BCUT2D eigenvalue weighted by molar-refractivity contribution is 7.95. The number of allylic oxidation sites excluding steroid dienone is 1. The molecule has 0 spiro atoms. The monoisotopic (exact) mass is 450 g/mol. The molecule has 0 atom stereocenters. The molecule has 0 saturated carbocycles. The molecule has 0 fully saturated rings. The number of nitro benzene ring substituents is 1. The Morgan fingerprint density at radius 1 is 1.03 bits per heavy atom. The van der Waals surface area contributed by atoms with Crippen molar-refractivity contribution in [2.45, 2.75) is 11.8 Å². The number of hydrogen-bond acceptors (Lipinski definition) is 7. The van der Waals surface area contributed by atoms with Crippen LogP contribution in [0.1, 0.15) is 11.1 Å². The number of methoxy groups -OCH3 is 1. The maximum absolute atomic E-state index is 12.8. The summed E-state index contributed by atoms with van der Waals surface area (Å²) in [5, 5.41) is 21.0. The van der Waals surface area contributed by atoms with Gasteiger partial charge in [-0.3, -0.25) is 10.1 Å². The Balaban J connectivity index is 1.97. The standard InChI is InChI=1S/C23H18N2O6S/c1-16-3-10-20(11-4-16)32(28,29)21(15-24)13-17-5-12-23(22(14-17)25(26)27)31-19-8-6-18(30-2)7-9-19/h3-14H,1-2H3/b21-13+. The predicted octanol–water partition coefficient (Wildman–Crippen LogP) is 5.04. The van der Waals surface area contributed by atoms with E-state index in [-0.39, 0.29) is 21.9 Å². The van der Waals surface area contributed by atoms with E-state index in [0.717, 1.165) is 17.7 Å². The molecule has 0 unspecified atom stereocenters. The van der Waals surface area contributed by atoms with Gasteiger partial charge in [0.1, 0.15) is 22.5 Å². The van der Waals surface area contributed by atoms with Crippen LogP contribution < -0.4 is 9.47 Å². The Bertz CT molecular complexity index is 1320. The number of nitrogens with zero attached hydrogens (tertiary/aromatic N) is 2. The van der Waals surface area contributed by atoms with E-state index < -0.39 is 19.7 Å². The zero-order chi connectivity index (χ0) is 23.3. The second kappa shape index (κ2) is 9.32. The number of hydrogen-bond donors (Lipinski definition) is 0. The van der Waals surface area contributed by atoms with Gasteiger partial charge in [0.15, 0.2) is 0 Å². The third-order valence-electron chi connectivity index (χ3n) is 4.50. The number of aryl methyl sites for hydroxylation is 1. The van der Waals surface area contributed by atoms with Crippen molar-refractivity contribution in [1.29, 1.82) is 5.26 Å². The lowest BCUT2D eigenvalue weighted by atomic mass is 10.1. The molecule has 0 amide bonds. The van der Waals surface area contributed by atoms with E-state index in [4.69, 9.17) is 9.47 Å². The van der Waals surface area contributed by atoms with Gasteiger partial charge in [-0.05, 0) is 61.0 Å². The van der Waals surface area contributed by atoms with Crippen molar-refractivity contribution < 1.29 is 22.8 Å². The molecule has 32 heavy (non-hydrogen) atoms. The van der Waals surface area contributed by atoms with Crippen LogP contribution in [0.3, 0.4) is 0 Å². The van der Waals surface area contributed by atoms with Gasteiger partial charge in [-0.15, -0.1) is 0 Å². The van der Waals surface area contributed by atoms with Gasteiger partial charge in [0.2, 0.25) is 15.6 Å². The first kappa shape index (κ1) is 22.5. The summed E-state index contributed by atoms with van der Waals surface area (Å²) >= 11 is 0. The summed E-state index contributed by atoms with van der Waals surface area (Å²) in [5.41, 5.74) is 0.667. The third kappa shape index (κ3) is 4.94. The average Bonchev–Trinajstić information content (AvgIpc) is 2.78. The normalized spacial score (nSPS) is 11.5. The summed E-state index contributed by atoms with van der Waals surface area (Å²) in [6.07, 6.45) is 1.10. The van der Waals surface area contributed by atoms with Gasteiger partial charge in [0.25, 0.3) is 0 Å². The van der Waals surface area contributed by atoms with Gasteiger partial charge >= 0.3 is 5.69 Å². The Morgan fingerprint density at radius 2 is 1.66 bits per heavy atom. The number of nitro groups is 1. The van der Waals surface area contributed by atoms with Crippen molar-refractivity contribution in [3.8, 4) is 23.3 Å². The van der Waals surface area contributed by atoms with E-state index in [1.54, 1.807) is 42.5 Å². The molecule has 0 aliphatic heterocycles. The highest BCUT2D eigenvalue weighted by Crippen LogP contribution is 2.34. The van der Waals surface area contributed by atoms with Crippen LogP contribution in [0.2, 0.25) is 0 Å². The number of rotatable bonds is 7. The molecule has 3 rings (SSSR count). The lowest BCUT2D eigenvalue weighted by Gasteiger charge is -2.08. The Labute approximate surface area is 185 Å². The Morgan fingerprint density at radius 3 is 2.22 bits per heavy atom. The molecule has 3 aromatic carbocycles. The molecule has 8 nitrogen and oxygen atoms in total. The van der Waals surface area contributed by atoms with Gasteiger partial charge in [-0.2, -0.15) is 5.26 Å². The summed E-state index contributed by atoms with van der Waals surface area (Å²) in [5.74, 6) is 0.931. The minimum Gasteiger partial charge on any atom is -0.497 e. The van der Waals surface area contributed by atoms with E-state index in [9.17, 15) is 23.8 Å². The summed E-state index contributed by atoms with van der Waals surface area (Å²) in [6, 6.07) is 18.2. The van der Waals surface area contributed by atoms with Gasteiger partial charge in [-0.1, -0.05) is 23.8 Å². The summed E-state index contributed by atoms with van der Waals surface area (Å²) < 4.78 is 36.3. The number of nitriles is 1. The van der Waals surface area contributed by atoms with Crippen LogP contribution in [0.25, 0.3) is 6.08 Å². The minimum absolute atomic E-state index is 0.0304. The zero-order valence-electron chi connectivity index (χ0n) is 17.2. The number of ether oxygens (including phenoxy) is 2. The van der Waals surface area contributed by atoms with Crippen molar-refractivity contribution >= 4 is 21.6 Å². The van der Waals surface area contributed by atoms with Gasteiger partial charge in [0, 0.05) is 6.07 Å². The van der Waals surface area contributed by atoms with Crippen LogP contribution in [0, 0.1) is 28.4 Å². The van der Waals surface area contributed by atoms with Gasteiger partial charge in [-0.25, -0.2) is 8.42 Å². The van der Waals surface area contributed by atoms with E-state index in [1.165, 1.54) is 31.4 Å². The molecule has 0 bridgehead atoms. The lowest BCUT2D eigenvalue weighted by Crippen LogP contribution is -2.03. The fourth-order valence-corrected chi connectivity index (χ4v) is 3.95. The van der Waals surface area contributed by atoms with Gasteiger partial charge in [0.05, 0.1) is 16.9 Å². The van der Waals surface area contributed by atoms with Crippen LogP contribution in [-0.4, -0.2) is 20.5 Å². The van der Waals surface area contributed by atoms with E-state index in [2.05, 4.69) is 0 Å². The number of benzene rings is 3.